The van der Waals surface area contributed by atoms with Gasteiger partial charge in [-0.05, 0) is 39.8 Å². The van der Waals surface area contributed by atoms with Crippen molar-refractivity contribution in [2.45, 2.75) is 51.8 Å². The lowest BCUT2D eigenvalue weighted by molar-refractivity contribution is -0.0904. The minimum Gasteiger partial charge on any atom is -0.432 e. The SMILES string of the molecule is CC1(C)OC(c2ccc(F)c(OC(F)F)c2)OC1(C)C. The molecular formula is C14H17F3O3. The maximum absolute atomic E-state index is 13.4. The van der Waals surface area contributed by atoms with E-state index < -0.39 is 35.7 Å². The van der Waals surface area contributed by atoms with Crippen LogP contribution in [0.5, 0.6) is 5.75 Å². The second-order valence-electron chi connectivity index (χ2n) is 5.66. The van der Waals surface area contributed by atoms with Crippen molar-refractivity contribution >= 4 is 0 Å². The topological polar surface area (TPSA) is 27.7 Å². The van der Waals surface area contributed by atoms with Gasteiger partial charge in [-0.3, -0.25) is 0 Å². The smallest absolute Gasteiger partial charge is 0.387 e. The number of halogens is 3. The fraction of sp³-hybridized carbons (Fsp3) is 0.571. The Morgan fingerprint density at radius 3 is 2.15 bits per heavy atom. The van der Waals surface area contributed by atoms with Crippen molar-refractivity contribution in [2.24, 2.45) is 0 Å². The summed E-state index contributed by atoms with van der Waals surface area (Å²) in [5, 5.41) is 0. The van der Waals surface area contributed by atoms with Crippen molar-refractivity contribution < 1.29 is 27.4 Å². The first-order valence-electron chi connectivity index (χ1n) is 6.22. The largest absolute Gasteiger partial charge is 0.432 e. The average molecular weight is 290 g/mol. The summed E-state index contributed by atoms with van der Waals surface area (Å²) < 4.78 is 53.4. The molecule has 0 amide bonds. The maximum atomic E-state index is 13.4. The second-order valence-corrected chi connectivity index (χ2v) is 5.66. The van der Waals surface area contributed by atoms with Gasteiger partial charge in [0.2, 0.25) is 0 Å². The number of alkyl halides is 2. The molecule has 1 aliphatic rings. The van der Waals surface area contributed by atoms with Gasteiger partial charge in [0, 0.05) is 5.56 Å². The zero-order valence-corrected chi connectivity index (χ0v) is 11.7. The Balaban J connectivity index is 2.27. The Morgan fingerprint density at radius 2 is 1.65 bits per heavy atom. The zero-order valence-electron chi connectivity index (χ0n) is 11.7. The Bertz CT molecular complexity index is 484. The third-order valence-electron chi connectivity index (χ3n) is 3.70. The van der Waals surface area contributed by atoms with Crippen LogP contribution in [0.15, 0.2) is 18.2 Å². The summed E-state index contributed by atoms with van der Waals surface area (Å²) in [7, 11) is 0. The maximum Gasteiger partial charge on any atom is 0.387 e. The highest BCUT2D eigenvalue weighted by molar-refractivity contribution is 5.31. The standard InChI is InChI=1S/C14H17F3O3/c1-13(2)14(3,4)20-11(19-13)8-5-6-9(15)10(7-8)18-12(16)17/h5-7,11-12H,1-4H3. The molecule has 1 fully saturated rings. The molecule has 0 radical (unpaired) electrons. The molecule has 0 unspecified atom stereocenters. The van der Waals surface area contributed by atoms with Gasteiger partial charge in [-0.1, -0.05) is 6.07 Å². The van der Waals surface area contributed by atoms with Crippen LogP contribution in [0.3, 0.4) is 0 Å². The van der Waals surface area contributed by atoms with Crippen molar-refractivity contribution in [2.75, 3.05) is 0 Å². The van der Waals surface area contributed by atoms with Gasteiger partial charge in [-0.25, -0.2) is 4.39 Å². The molecule has 0 aromatic heterocycles. The number of hydrogen-bond donors (Lipinski definition) is 0. The Kier molecular flexibility index (Phi) is 3.73. The summed E-state index contributed by atoms with van der Waals surface area (Å²) >= 11 is 0. The van der Waals surface area contributed by atoms with Crippen molar-refractivity contribution in [1.82, 2.24) is 0 Å². The summed E-state index contributed by atoms with van der Waals surface area (Å²) in [5.74, 6) is -1.38. The van der Waals surface area contributed by atoms with Gasteiger partial charge >= 0.3 is 6.61 Å². The molecule has 1 heterocycles. The van der Waals surface area contributed by atoms with E-state index in [0.29, 0.717) is 5.56 Å². The van der Waals surface area contributed by atoms with E-state index in [2.05, 4.69) is 4.74 Å². The first-order chi connectivity index (χ1) is 9.12. The third kappa shape index (κ3) is 2.76. The Labute approximate surface area is 115 Å². The molecule has 0 aliphatic carbocycles. The van der Waals surface area contributed by atoms with Gasteiger partial charge in [0.1, 0.15) is 0 Å². The fourth-order valence-corrected chi connectivity index (χ4v) is 1.83. The lowest BCUT2D eigenvalue weighted by Gasteiger charge is -2.30. The first kappa shape index (κ1) is 15.1. The molecule has 1 aromatic rings. The van der Waals surface area contributed by atoms with E-state index in [4.69, 9.17) is 9.47 Å². The molecule has 0 spiro atoms. The van der Waals surface area contributed by atoms with E-state index >= 15 is 0 Å². The van der Waals surface area contributed by atoms with E-state index in [1.165, 1.54) is 12.1 Å². The van der Waals surface area contributed by atoms with Crippen LogP contribution in [0.4, 0.5) is 13.2 Å². The van der Waals surface area contributed by atoms with Gasteiger partial charge in [-0.15, -0.1) is 0 Å². The van der Waals surface area contributed by atoms with Gasteiger partial charge in [0.15, 0.2) is 17.9 Å². The predicted molar refractivity (Wildman–Crippen MR) is 66.1 cm³/mol. The molecule has 112 valence electrons. The molecule has 6 heteroatoms. The zero-order chi connectivity index (χ0) is 15.1. The highest BCUT2D eigenvalue weighted by Gasteiger charge is 2.49. The highest BCUT2D eigenvalue weighted by Crippen LogP contribution is 2.45. The van der Waals surface area contributed by atoms with E-state index in [1.807, 2.05) is 27.7 Å². The van der Waals surface area contributed by atoms with Gasteiger partial charge in [0.25, 0.3) is 0 Å². The van der Waals surface area contributed by atoms with Crippen LogP contribution >= 0.6 is 0 Å². The van der Waals surface area contributed by atoms with Crippen LogP contribution in [0.25, 0.3) is 0 Å². The molecule has 20 heavy (non-hydrogen) atoms. The number of benzene rings is 1. The fourth-order valence-electron chi connectivity index (χ4n) is 1.83. The van der Waals surface area contributed by atoms with E-state index in [9.17, 15) is 13.2 Å². The Hall–Kier alpha value is -1.27. The monoisotopic (exact) mass is 290 g/mol. The van der Waals surface area contributed by atoms with Crippen molar-refractivity contribution in [3.63, 3.8) is 0 Å². The van der Waals surface area contributed by atoms with Crippen LogP contribution in [0, 0.1) is 5.82 Å². The number of hydrogen-bond acceptors (Lipinski definition) is 3. The third-order valence-corrected chi connectivity index (χ3v) is 3.70. The molecule has 1 saturated heterocycles. The summed E-state index contributed by atoms with van der Waals surface area (Å²) in [6.45, 7) is 4.39. The molecule has 1 aromatic carbocycles. The molecule has 1 aliphatic heterocycles. The lowest BCUT2D eigenvalue weighted by Crippen LogP contribution is -2.41. The second kappa shape index (κ2) is 4.93. The molecule has 0 atom stereocenters. The quantitative estimate of drug-likeness (QED) is 0.841. The first-order valence-corrected chi connectivity index (χ1v) is 6.22. The van der Waals surface area contributed by atoms with Crippen LogP contribution in [0.1, 0.15) is 39.5 Å². The minimum absolute atomic E-state index is 0.431. The summed E-state index contributed by atoms with van der Waals surface area (Å²) in [6, 6.07) is 3.65. The number of rotatable bonds is 3. The molecule has 2 rings (SSSR count). The molecular weight excluding hydrogens is 273 g/mol. The average Bonchev–Trinajstić information content (AvgIpc) is 2.50. The summed E-state index contributed by atoms with van der Waals surface area (Å²) in [5.41, 5.74) is -0.688. The van der Waals surface area contributed by atoms with Crippen LogP contribution in [-0.2, 0) is 9.47 Å². The van der Waals surface area contributed by atoms with E-state index in [1.54, 1.807) is 0 Å². The normalized spacial score (nSPS) is 21.4. The van der Waals surface area contributed by atoms with Crippen molar-refractivity contribution in [1.29, 1.82) is 0 Å². The van der Waals surface area contributed by atoms with Crippen molar-refractivity contribution in [3.05, 3.63) is 29.6 Å². The van der Waals surface area contributed by atoms with Crippen molar-refractivity contribution in [3.8, 4) is 5.75 Å². The summed E-state index contributed by atoms with van der Waals surface area (Å²) in [4.78, 5) is 0. The molecule has 0 N–H and O–H groups in total. The molecule has 3 nitrogen and oxygen atoms in total. The van der Waals surface area contributed by atoms with Crippen LogP contribution < -0.4 is 4.74 Å². The summed E-state index contributed by atoms with van der Waals surface area (Å²) in [6.07, 6.45) is -0.749. The van der Waals surface area contributed by atoms with Gasteiger partial charge in [0.05, 0.1) is 11.2 Å². The van der Waals surface area contributed by atoms with E-state index in [-0.39, 0.29) is 0 Å². The van der Waals surface area contributed by atoms with Gasteiger partial charge < -0.3 is 14.2 Å². The van der Waals surface area contributed by atoms with Gasteiger partial charge in [-0.2, -0.15) is 8.78 Å². The number of ether oxygens (including phenoxy) is 3. The van der Waals surface area contributed by atoms with E-state index in [0.717, 1.165) is 6.07 Å². The predicted octanol–water partition coefficient (Wildman–Crippen LogP) is 4.03. The molecule has 0 bridgehead atoms. The lowest BCUT2D eigenvalue weighted by atomic mass is 9.90. The van der Waals surface area contributed by atoms with Crippen LogP contribution in [-0.4, -0.2) is 17.8 Å². The molecule has 0 saturated carbocycles. The Morgan fingerprint density at radius 1 is 1.10 bits per heavy atom. The highest BCUT2D eigenvalue weighted by atomic mass is 19.3. The minimum atomic E-state index is -3.09. The van der Waals surface area contributed by atoms with Crippen LogP contribution in [0.2, 0.25) is 0 Å².